The van der Waals surface area contributed by atoms with E-state index in [1.807, 2.05) is 30.4 Å². The molecule has 142 valence electrons. The second kappa shape index (κ2) is 20.4. The molecular formula is C22H37NO2. The fraction of sp³-hybridized carbons (Fsp3) is 0.591. The van der Waals surface area contributed by atoms with E-state index in [1.54, 1.807) is 6.08 Å². The minimum atomic E-state index is -3.64. The van der Waals surface area contributed by atoms with Gasteiger partial charge in [0.1, 0.15) is 0 Å². The number of aliphatic hydroxyl groups excluding tert-OH is 1. The Balaban J connectivity index is 4.53. The first kappa shape index (κ1) is 10.5. The van der Waals surface area contributed by atoms with Gasteiger partial charge in [-0.2, -0.15) is 0 Å². The lowest BCUT2D eigenvalue weighted by atomic mass is 10.2. The fourth-order valence-corrected chi connectivity index (χ4v) is 1.73. The smallest absolute Gasteiger partial charge is 0.220 e. The zero-order valence-corrected chi connectivity index (χ0v) is 14.6. The Morgan fingerprint density at radius 1 is 1.00 bits per heavy atom. The summed E-state index contributed by atoms with van der Waals surface area (Å²) in [5.41, 5.74) is 0. The largest absolute Gasteiger partial charge is 0.395 e. The number of unbranched alkanes of at least 4 members (excludes halogenated alkanes) is 1. The van der Waals surface area contributed by atoms with Gasteiger partial charge in [0, 0.05) is 28.0 Å². The van der Waals surface area contributed by atoms with E-state index in [2.05, 4.69) is 5.32 Å². The number of amides is 1. The van der Waals surface area contributed by atoms with Gasteiger partial charge in [-0.05, 0) is 44.8 Å². The lowest BCUT2D eigenvalue weighted by Gasteiger charge is -2.00. The van der Waals surface area contributed by atoms with Gasteiger partial charge in [-0.25, -0.2) is 0 Å². The van der Waals surface area contributed by atoms with Crippen LogP contribution in [0.15, 0.2) is 48.6 Å². The Kier molecular flexibility index (Phi) is 8.60. The highest BCUT2D eigenvalue weighted by atomic mass is 16.3. The van der Waals surface area contributed by atoms with Gasteiger partial charge in [-0.3, -0.25) is 4.79 Å². The van der Waals surface area contributed by atoms with Gasteiger partial charge in [-0.1, -0.05) is 68.2 Å². The van der Waals surface area contributed by atoms with Crippen LogP contribution in [0, 0.1) is 0 Å². The molecule has 0 aromatic heterocycles. The molecule has 0 fully saturated rings. The van der Waals surface area contributed by atoms with Crippen molar-refractivity contribution < 1.29 is 25.0 Å². The molecule has 0 aliphatic carbocycles. The first-order chi connectivity index (χ1) is 16.5. The lowest BCUT2D eigenvalue weighted by molar-refractivity contribution is -0.121. The molecule has 0 saturated heterocycles. The number of aliphatic hydroxyl groups is 1. The van der Waals surface area contributed by atoms with Crippen molar-refractivity contribution in [2.75, 3.05) is 13.2 Å². The average molecular weight is 359 g/mol. The molecule has 0 aromatic carbocycles. The SMILES string of the molecule is [2H]C([2H])([2H])C([2H])([2H])C([2H])([2H])C([2H])([2H])C([2H])([2H])/C=C\C/C=C\C/C=C\C/C=C\CCCC(=O)NCCO. The summed E-state index contributed by atoms with van der Waals surface area (Å²) < 4.78 is 83.9. The van der Waals surface area contributed by atoms with Crippen LogP contribution in [0.3, 0.4) is 0 Å². The van der Waals surface area contributed by atoms with Crippen LogP contribution >= 0.6 is 0 Å². The number of nitrogens with one attached hydrogen (secondary N) is 1. The number of hydrogen-bond acceptors (Lipinski definition) is 2. The predicted molar refractivity (Wildman–Crippen MR) is 108 cm³/mol. The van der Waals surface area contributed by atoms with Crippen LogP contribution < -0.4 is 5.32 Å². The normalized spacial score (nSPS) is 21.6. The Hall–Kier alpha value is -1.61. The summed E-state index contributed by atoms with van der Waals surface area (Å²) in [6, 6.07) is 0. The highest BCUT2D eigenvalue weighted by Crippen LogP contribution is 2.01. The maximum absolute atomic E-state index is 11.4. The van der Waals surface area contributed by atoms with E-state index in [0.29, 0.717) is 12.8 Å². The third kappa shape index (κ3) is 20.3. The van der Waals surface area contributed by atoms with Gasteiger partial charge in [0.2, 0.25) is 5.91 Å². The maximum atomic E-state index is 11.4. The highest BCUT2D eigenvalue weighted by molar-refractivity contribution is 5.75. The second-order valence-electron chi connectivity index (χ2n) is 5.01. The molecule has 0 unspecified atom stereocenters. The van der Waals surface area contributed by atoms with Gasteiger partial charge in [-0.15, -0.1) is 0 Å². The first-order valence-electron chi connectivity index (χ1n) is 14.0. The van der Waals surface area contributed by atoms with E-state index in [0.717, 1.165) is 25.3 Å². The molecular weight excluding hydrogens is 310 g/mol. The zero-order chi connectivity index (χ0) is 28.1. The van der Waals surface area contributed by atoms with Crippen molar-refractivity contribution in [2.24, 2.45) is 0 Å². The molecule has 0 atom stereocenters. The average Bonchev–Trinajstić information content (AvgIpc) is 2.76. The maximum Gasteiger partial charge on any atom is 0.220 e. The van der Waals surface area contributed by atoms with Gasteiger partial charge >= 0.3 is 0 Å². The summed E-state index contributed by atoms with van der Waals surface area (Å²) in [6.45, 7) is -3.28. The van der Waals surface area contributed by atoms with Crippen molar-refractivity contribution in [3.63, 3.8) is 0 Å². The van der Waals surface area contributed by atoms with Gasteiger partial charge in [0.05, 0.1) is 6.61 Å². The van der Waals surface area contributed by atoms with E-state index in [4.69, 9.17) is 20.2 Å². The van der Waals surface area contributed by atoms with Crippen LogP contribution in [0.4, 0.5) is 0 Å². The number of carbonyl (C=O) groups is 1. The Labute approximate surface area is 170 Å². The van der Waals surface area contributed by atoms with Crippen LogP contribution in [0.2, 0.25) is 0 Å². The molecule has 0 radical (unpaired) electrons. The van der Waals surface area contributed by atoms with Crippen LogP contribution in [-0.2, 0) is 4.79 Å². The van der Waals surface area contributed by atoms with Crippen molar-refractivity contribution in [3.8, 4) is 0 Å². The fourth-order valence-electron chi connectivity index (χ4n) is 1.73. The summed E-state index contributed by atoms with van der Waals surface area (Å²) >= 11 is 0. The van der Waals surface area contributed by atoms with E-state index >= 15 is 0 Å². The molecule has 0 aliphatic rings. The van der Waals surface area contributed by atoms with Gasteiger partial charge in [0.25, 0.3) is 0 Å². The molecule has 0 spiro atoms. The molecule has 0 aliphatic heterocycles. The van der Waals surface area contributed by atoms with Crippen LogP contribution in [0.25, 0.3) is 0 Å². The number of carbonyl (C=O) groups excluding carboxylic acids is 1. The number of rotatable bonds is 16. The molecule has 0 heterocycles. The first-order valence-corrected chi connectivity index (χ1v) is 8.46. The summed E-state index contributed by atoms with van der Waals surface area (Å²) in [4.78, 5) is 11.4. The Bertz CT molecular complexity index is 785. The van der Waals surface area contributed by atoms with Crippen molar-refractivity contribution in [2.45, 2.75) is 70.9 Å². The van der Waals surface area contributed by atoms with Crippen LogP contribution in [0.1, 0.15) is 85.9 Å². The summed E-state index contributed by atoms with van der Waals surface area (Å²) in [5.74, 6) is -0.0778. The van der Waals surface area contributed by atoms with Crippen molar-refractivity contribution in [1.82, 2.24) is 5.32 Å². The monoisotopic (exact) mass is 358 g/mol. The second-order valence-corrected chi connectivity index (χ2v) is 5.01. The van der Waals surface area contributed by atoms with Gasteiger partial charge < -0.3 is 10.4 Å². The summed E-state index contributed by atoms with van der Waals surface area (Å²) in [6.07, 6.45) is 3.28. The third-order valence-corrected chi connectivity index (χ3v) is 2.92. The van der Waals surface area contributed by atoms with E-state index in [-0.39, 0.29) is 25.5 Å². The molecule has 25 heavy (non-hydrogen) atoms. The van der Waals surface area contributed by atoms with Crippen molar-refractivity contribution in [3.05, 3.63) is 48.6 Å². The molecule has 0 saturated carbocycles. The molecule has 0 rings (SSSR count). The topological polar surface area (TPSA) is 49.3 Å². The van der Waals surface area contributed by atoms with E-state index < -0.39 is 32.3 Å². The lowest BCUT2D eigenvalue weighted by Crippen LogP contribution is -2.25. The Morgan fingerprint density at radius 3 is 2.28 bits per heavy atom. The molecule has 1 amide bonds. The predicted octanol–water partition coefficient (Wildman–Crippen LogP) is 5.24. The summed E-state index contributed by atoms with van der Waals surface area (Å²) in [5, 5.41) is 11.2. The molecule has 0 bridgehead atoms. The third-order valence-electron chi connectivity index (χ3n) is 2.92. The van der Waals surface area contributed by atoms with E-state index in [1.165, 1.54) is 6.08 Å². The van der Waals surface area contributed by atoms with Crippen LogP contribution in [-0.4, -0.2) is 24.2 Å². The zero-order valence-electron chi connectivity index (χ0n) is 25.6. The minimum absolute atomic E-state index is 0.0726. The molecule has 3 heteroatoms. The minimum Gasteiger partial charge on any atom is -0.395 e. The van der Waals surface area contributed by atoms with Crippen molar-refractivity contribution >= 4 is 5.91 Å². The summed E-state index contributed by atoms with van der Waals surface area (Å²) in [7, 11) is 0. The van der Waals surface area contributed by atoms with E-state index in [9.17, 15) is 4.79 Å². The molecule has 2 N–H and O–H groups in total. The Morgan fingerprint density at radius 2 is 1.64 bits per heavy atom. The highest BCUT2D eigenvalue weighted by Gasteiger charge is 1.97. The van der Waals surface area contributed by atoms with Gasteiger partial charge in [0.15, 0.2) is 0 Å². The molecule has 0 aromatic rings. The standard InChI is InChI=1S/C22H37NO2/c1-2-3-4-5-6-7-8-9-10-11-12-13-14-15-16-17-18-19-22(25)23-20-21-24/h6-7,9-10,12-13,15-16,24H,2-5,8,11,14,17-21H2,1H3,(H,23,25)/b7-6-,10-9-,13-12-,16-15-/i1D3,2D2,3D2,4D2,5D2. The van der Waals surface area contributed by atoms with Crippen molar-refractivity contribution in [1.29, 1.82) is 0 Å². The number of allylic oxidation sites excluding steroid dienone is 8. The number of hydrogen-bond donors (Lipinski definition) is 2. The quantitative estimate of drug-likeness (QED) is 0.293. The van der Waals surface area contributed by atoms with Crippen LogP contribution in [0.5, 0.6) is 0 Å². The molecule has 3 nitrogen and oxygen atoms in total.